The molecule has 0 saturated carbocycles. The van der Waals surface area contributed by atoms with Gasteiger partial charge >= 0.3 is 0 Å². The maximum Gasteiger partial charge on any atom is 0.0369 e. The van der Waals surface area contributed by atoms with Crippen molar-refractivity contribution in [1.82, 2.24) is 0 Å². The largest absolute Gasteiger partial charge is 0.372 e. The third-order valence-corrected chi connectivity index (χ3v) is 3.18. The normalized spacial score (nSPS) is 17.1. The Labute approximate surface area is 93.1 Å². The van der Waals surface area contributed by atoms with E-state index in [1.54, 1.807) is 0 Å². The van der Waals surface area contributed by atoms with Gasteiger partial charge in [-0.1, -0.05) is 32.9 Å². The van der Waals surface area contributed by atoms with Gasteiger partial charge in [-0.15, -0.1) is 0 Å². The minimum Gasteiger partial charge on any atom is -0.372 e. The first kappa shape index (κ1) is 10.5. The molecule has 1 saturated heterocycles. The van der Waals surface area contributed by atoms with Crippen LogP contribution in [0.2, 0.25) is 0 Å². The van der Waals surface area contributed by atoms with E-state index in [1.807, 2.05) is 0 Å². The summed E-state index contributed by atoms with van der Waals surface area (Å²) in [4.78, 5) is 2.50. The lowest BCUT2D eigenvalue weighted by Gasteiger charge is -2.23. The molecular weight excluding hydrogens is 182 g/mol. The van der Waals surface area contributed by atoms with Gasteiger partial charge in [-0.05, 0) is 36.0 Å². The molecule has 0 radical (unpaired) electrons. The predicted octanol–water partition coefficient (Wildman–Crippen LogP) is 3.58. The van der Waals surface area contributed by atoms with E-state index in [4.69, 9.17) is 0 Å². The zero-order valence-electron chi connectivity index (χ0n) is 10.1. The highest BCUT2D eigenvalue weighted by molar-refractivity contribution is 5.50. The molecular formula is C14H21N. The summed E-state index contributed by atoms with van der Waals surface area (Å²) in [6, 6.07) is 9.01. The van der Waals surface area contributed by atoms with E-state index in [1.165, 1.54) is 37.2 Å². The third kappa shape index (κ3) is 2.34. The zero-order valence-corrected chi connectivity index (χ0v) is 10.1. The van der Waals surface area contributed by atoms with Crippen LogP contribution in [-0.2, 0) is 5.41 Å². The van der Waals surface area contributed by atoms with E-state index in [2.05, 4.69) is 49.9 Å². The molecule has 1 heteroatoms. The summed E-state index contributed by atoms with van der Waals surface area (Å²) in [5.74, 6) is 0. The minimum absolute atomic E-state index is 0.260. The maximum atomic E-state index is 2.50. The van der Waals surface area contributed by atoms with E-state index < -0.39 is 0 Å². The molecule has 0 unspecified atom stereocenters. The summed E-state index contributed by atoms with van der Waals surface area (Å²) < 4.78 is 0. The summed E-state index contributed by atoms with van der Waals surface area (Å²) in [6.07, 6.45) is 2.69. The first-order chi connectivity index (χ1) is 7.07. The number of hydrogen-bond donors (Lipinski definition) is 0. The molecule has 0 amide bonds. The Kier molecular flexibility index (Phi) is 2.72. The van der Waals surface area contributed by atoms with Gasteiger partial charge < -0.3 is 4.90 Å². The van der Waals surface area contributed by atoms with Gasteiger partial charge in [0, 0.05) is 18.8 Å². The van der Waals surface area contributed by atoms with Crippen LogP contribution in [0, 0.1) is 0 Å². The molecule has 1 heterocycles. The summed E-state index contributed by atoms with van der Waals surface area (Å²) in [5.41, 5.74) is 3.10. The highest BCUT2D eigenvalue weighted by Crippen LogP contribution is 2.27. The molecule has 1 aromatic rings. The fourth-order valence-electron chi connectivity index (χ4n) is 2.14. The molecule has 0 bridgehead atoms. The standard InChI is InChI=1S/C14H21N/c1-14(2,3)12-7-6-8-13(11-12)15-9-4-5-10-15/h6-8,11H,4-5,9-10H2,1-3H3. The molecule has 82 valence electrons. The molecule has 1 aliphatic heterocycles. The van der Waals surface area contributed by atoms with Crippen molar-refractivity contribution < 1.29 is 0 Å². The van der Waals surface area contributed by atoms with Crippen molar-refractivity contribution >= 4 is 5.69 Å². The second-order valence-electron chi connectivity index (χ2n) is 5.49. The quantitative estimate of drug-likeness (QED) is 0.674. The molecule has 1 aromatic carbocycles. The molecule has 0 N–H and O–H groups in total. The van der Waals surface area contributed by atoms with Gasteiger partial charge in [0.1, 0.15) is 0 Å². The van der Waals surface area contributed by atoms with Crippen molar-refractivity contribution in [3.8, 4) is 0 Å². The average Bonchev–Trinajstić information content (AvgIpc) is 2.69. The molecule has 15 heavy (non-hydrogen) atoms. The Bertz CT molecular complexity index is 329. The Hall–Kier alpha value is -0.980. The lowest BCUT2D eigenvalue weighted by Crippen LogP contribution is -2.19. The highest BCUT2D eigenvalue weighted by atomic mass is 15.1. The molecule has 0 spiro atoms. The van der Waals surface area contributed by atoms with Crippen LogP contribution in [0.5, 0.6) is 0 Å². The van der Waals surface area contributed by atoms with E-state index in [0.29, 0.717) is 0 Å². The molecule has 0 atom stereocenters. The Morgan fingerprint density at radius 3 is 2.33 bits per heavy atom. The van der Waals surface area contributed by atoms with Crippen LogP contribution in [0.3, 0.4) is 0 Å². The number of anilines is 1. The lowest BCUT2D eigenvalue weighted by molar-refractivity contribution is 0.590. The molecule has 1 aliphatic rings. The second kappa shape index (κ2) is 3.88. The van der Waals surface area contributed by atoms with Crippen LogP contribution in [0.15, 0.2) is 24.3 Å². The fraction of sp³-hybridized carbons (Fsp3) is 0.571. The van der Waals surface area contributed by atoms with Crippen molar-refractivity contribution in [2.24, 2.45) is 0 Å². The van der Waals surface area contributed by atoms with Crippen molar-refractivity contribution in [2.75, 3.05) is 18.0 Å². The van der Waals surface area contributed by atoms with E-state index >= 15 is 0 Å². The summed E-state index contributed by atoms with van der Waals surface area (Å²) in [7, 11) is 0. The smallest absolute Gasteiger partial charge is 0.0369 e. The third-order valence-electron chi connectivity index (χ3n) is 3.18. The monoisotopic (exact) mass is 203 g/mol. The molecule has 0 aliphatic carbocycles. The molecule has 2 rings (SSSR count). The Morgan fingerprint density at radius 1 is 1.07 bits per heavy atom. The summed E-state index contributed by atoms with van der Waals surface area (Å²) in [6.45, 7) is 9.28. The predicted molar refractivity (Wildman–Crippen MR) is 66.6 cm³/mol. The van der Waals surface area contributed by atoms with E-state index in [0.717, 1.165) is 0 Å². The molecule has 1 nitrogen and oxygen atoms in total. The van der Waals surface area contributed by atoms with Crippen LogP contribution in [0.25, 0.3) is 0 Å². The van der Waals surface area contributed by atoms with Gasteiger partial charge in [0.25, 0.3) is 0 Å². The number of nitrogens with zero attached hydrogens (tertiary/aromatic N) is 1. The maximum absolute atomic E-state index is 2.50. The molecule has 0 aromatic heterocycles. The molecule has 1 fully saturated rings. The topological polar surface area (TPSA) is 3.24 Å². The Morgan fingerprint density at radius 2 is 1.73 bits per heavy atom. The number of benzene rings is 1. The van der Waals surface area contributed by atoms with Gasteiger partial charge in [-0.25, -0.2) is 0 Å². The number of hydrogen-bond acceptors (Lipinski definition) is 1. The first-order valence-electron chi connectivity index (χ1n) is 5.93. The zero-order chi connectivity index (χ0) is 10.9. The van der Waals surface area contributed by atoms with Gasteiger partial charge in [0.15, 0.2) is 0 Å². The van der Waals surface area contributed by atoms with Crippen molar-refractivity contribution in [1.29, 1.82) is 0 Å². The van der Waals surface area contributed by atoms with Crippen LogP contribution >= 0.6 is 0 Å². The van der Waals surface area contributed by atoms with Crippen LogP contribution in [0.1, 0.15) is 39.2 Å². The SMILES string of the molecule is CC(C)(C)c1cccc(N2CCCC2)c1. The van der Waals surface area contributed by atoms with Crippen molar-refractivity contribution in [2.45, 2.75) is 39.0 Å². The lowest BCUT2D eigenvalue weighted by atomic mass is 9.87. The first-order valence-corrected chi connectivity index (χ1v) is 5.93. The van der Waals surface area contributed by atoms with Gasteiger partial charge in [0.05, 0.1) is 0 Å². The Balaban J connectivity index is 2.26. The highest BCUT2D eigenvalue weighted by Gasteiger charge is 2.16. The minimum atomic E-state index is 0.260. The fourth-order valence-corrected chi connectivity index (χ4v) is 2.14. The van der Waals surface area contributed by atoms with Crippen LogP contribution < -0.4 is 4.90 Å². The van der Waals surface area contributed by atoms with E-state index in [9.17, 15) is 0 Å². The average molecular weight is 203 g/mol. The van der Waals surface area contributed by atoms with Gasteiger partial charge in [-0.2, -0.15) is 0 Å². The van der Waals surface area contributed by atoms with Crippen LogP contribution in [-0.4, -0.2) is 13.1 Å². The van der Waals surface area contributed by atoms with Crippen molar-refractivity contribution in [3.05, 3.63) is 29.8 Å². The number of rotatable bonds is 1. The van der Waals surface area contributed by atoms with Gasteiger partial charge in [0.2, 0.25) is 0 Å². The summed E-state index contributed by atoms with van der Waals surface area (Å²) >= 11 is 0. The second-order valence-corrected chi connectivity index (χ2v) is 5.49. The van der Waals surface area contributed by atoms with Crippen molar-refractivity contribution in [3.63, 3.8) is 0 Å². The van der Waals surface area contributed by atoms with E-state index in [-0.39, 0.29) is 5.41 Å². The van der Waals surface area contributed by atoms with Gasteiger partial charge in [-0.3, -0.25) is 0 Å². The summed E-state index contributed by atoms with van der Waals surface area (Å²) in [5, 5.41) is 0. The van der Waals surface area contributed by atoms with Crippen LogP contribution in [0.4, 0.5) is 5.69 Å².